The van der Waals surface area contributed by atoms with Crippen LogP contribution in [0.15, 0.2) is 5.38 Å². The maximum Gasteiger partial charge on any atom is 0.213 e. The molecule has 2 N–H and O–H groups in total. The molecule has 7 heteroatoms. The highest BCUT2D eigenvalue weighted by Gasteiger charge is 2.16. The molecule has 2 aromatic heterocycles. The van der Waals surface area contributed by atoms with Gasteiger partial charge in [0.1, 0.15) is 5.69 Å². The first-order chi connectivity index (χ1) is 9.70. The molecule has 5 nitrogen and oxygen atoms in total. The lowest BCUT2D eigenvalue weighted by atomic mass is 10.0. The minimum Gasteiger partial charge on any atom is -0.303 e. The number of rotatable bonds is 4. The molecule has 108 valence electrons. The Labute approximate surface area is 127 Å². The molecule has 0 bridgehead atoms. The van der Waals surface area contributed by atoms with E-state index in [1.165, 1.54) is 30.9 Å². The first-order valence-electron chi connectivity index (χ1n) is 7.02. The van der Waals surface area contributed by atoms with Gasteiger partial charge >= 0.3 is 0 Å². The van der Waals surface area contributed by atoms with E-state index < -0.39 is 0 Å². The Bertz CT molecular complexity index is 614. The average Bonchev–Trinajstić information content (AvgIpc) is 3.05. The van der Waals surface area contributed by atoms with Crippen LogP contribution in [0.3, 0.4) is 0 Å². The summed E-state index contributed by atoms with van der Waals surface area (Å²) >= 11 is 6.66. The summed E-state index contributed by atoms with van der Waals surface area (Å²) in [7, 11) is 0. The average molecular weight is 309 g/mol. The molecular weight excluding hydrogens is 290 g/mol. The zero-order chi connectivity index (χ0) is 13.9. The monoisotopic (exact) mass is 309 g/mol. The van der Waals surface area contributed by atoms with Crippen LogP contribution in [0, 0.1) is 10.7 Å². The standard InChI is InChI=1S/C13H19N5S2/c1-9-3-2-5-18(7-9)6-4-11-14-10(8-20-11)12-15-13(19)17-16-12/h8-9H,2-7H2,1H3,(H2,15,16,17,19). The van der Waals surface area contributed by atoms with Gasteiger partial charge in [-0.3, -0.25) is 10.2 Å². The van der Waals surface area contributed by atoms with E-state index >= 15 is 0 Å². The number of aromatic amines is 2. The lowest BCUT2D eigenvalue weighted by molar-refractivity contribution is 0.186. The number of H-pyrrole nitrogens is 2. The third kappa shape index (κ3) is 3.34. The van der Waals surface area contributed by atoms with E-state index in [1.54, 1.807) is 11.3 Å². The Morgan fingerprint density at radius 1 is 1.45 bits per heavy atom. The molecule has 0 aromatic carbocycles. The van der Waals surface area contributed by atoms with E-state index in [1.807, 2.05) is 5.38 Å². The number of nitrogens with zero attached hydrogens (tertiary/aromatic N) is 3. The van der Waals surface area contributed by atoms with E-state index in [4.69, 9.17) is 12.2 Å². The van der Waals surface area contributed by atoms with Crippen molar-refractivity contribution in [2.45, 2.75) is 26.2 Å². The summed E-state index contributed by atoms with van der Waals surface area (Å²) < 4.78 is 0.469. The maximum absolute atomic E-state index is 4.96. The number of likely N-dealkylation sites (tertiary alicyclic amines) is 1. The van der Waals surface area contributed by atoms with Gasteiger partial charge < -0.3 is 4.90 Å². The highest BCUT2D eigenvalue weighted by molar-refractivity contribution is 7.71. The number of piperidine rings is 1. The molecule has 0 radical (unpaired) electrons. The van der Waals surface area contributed by atoms with Crippen LogP contribution in [0.5, 0.6) is 0 Å². The normalized spacial score (nSPS) is 20.4. The Morgan fingerprint density at radius 3 is 3.10 bits per heavy atom. The minimum absolute atomic E-state index is 0.469. The molecule has 1 fully saturated rings. The van der Waals surface area contributed by atoms with E-state index in [0.29, 0.717) is 4.77 Å². The van der Waals surface area contributed by atoms with Crippen LogP contribution in [-0.2, 0) is 6.42 Å². The van der Waals surface area contributed by atoms with Crippen molar-refractivity contribution in [2.24, 2.45) is 5.92 Å². The van der Waals surface area contributed by atoms with Gasteiger partial charge in [-0.2, -0.15) is 4.98 Å². The van der Waals surface area contributed by atoms with E-state index in [2.05, 4.69) is 32.0 Å². The van der Waals surface area contributed by atoms with Crippen molar-refractivity contribution in [3.63, 3.8) is 0 Å². The summed E-state index contributed by atoms with van der Waals surface area (Å²) in [6.07, 6.45) is 3.72. The fourth-order valence-corrected chi connectivity index (χ4v) is 3.58. The summed E-state index contributed by atoms with van der Waals surface area (Å²) in [4.78, 5) is 11.4. The minimum atomic E-state index is 0.469. The van der Waals surface area contributed by atoms with Crippen LogP contribution in [0.4, 0.5) is 0 Å². The summed E-state index contributed by atoms with van der Waals surface area (Å²) in [6.45, 7) is 5.90. The van der Waals surface area contributed by atoms with Gasteiger partial charge in [0, 0.05) is 24.9 Å². The molecule has 1 unspecified atom stereocenters. The zero-order valence-electron chi connectivity index (χ0n) is 11.6. The van der Waals surface area contributed by atoms with E-state index in [0.717, 1.165) is 30.4 Å². The predicted molar refractivity (Wildman–Crippen MR) is 83.4 cm³/mol. The topological polar surface area (TPSA) is 60.6 Å². The first-order valence-corrected chi connectivity index (χ1v) is 8.31. The van der Waals surface area contributed by atoms with Crippen molar-refractivity contribution < 1.29 is 0 Å². The Morgan fingerprint density at radius 2 is 2.35 bits per heavy atom. The van der Waals surface area contributed by atoms with Gasteiger partial charge in [-0.05, 0) is 37.5 Å². The molecule has 3 rings (SSSR count). The fraction of sp³-hybridized carbons (Fsp3) is 0.615. The highest BCUT2D eigenvalue weighted by Crippen LogP contribution is 2.20. The number of hydrogen-bond acceptors (Lipinski definition) is 5. The van der Waals surface area contributed by atoms with Gasteiger partial charge in [0.05, 0.1) is 5.01 Å². The zero-order valence-corrected chi connectivity index (χ0v) is 13.2. The number of aromatic nitrogens is 4. The largest absolute Gasteiger partial charge is 0.303 e. The van der Waals surface area contributed by atoms with Crippen molar-refractivity contribution in [3.05, 3.63) is 15.2 Å². The molecule has 0 saturated carbocycles. The van der Waals surface area contributed by atoms with Crippen LogP contribution in [0.25, 0.3) is 11.5 Å². The lowest BCUT2D eigenvalue weighted by Crippen LogP contribution is -2.35. The number of nitrogens with one attached hydrogen (secondary N) is 2. The molecule has 0 aliphatic carbocycles. The smallest absolute Gasteiger partial charge is 0.213 e. The van der Waals surface area contributed by atoms with Crippen LogP contribution in [0.1, 0.15) is 24.8 Å². The quantitative estimate of drug-likeness (QED) is 0.853. The highest BCUT2D eigenvalue weighted by atomic mass is 32.1. The summed E-state index contributed by atoms with van der Waals surface area (Å²) in [5.74, 6) is 1.56. The van der Waals surface area contributed by atoms with Crippen molar-refractivity contribution in [1.29, 1.82) is 0 Å². The van der Waals surface area contributed by atoms with Gasteiger partial charge in [-0.15, -0.1) is 11.3 Å². The molecule has 1 atom stereocenters. The SMILES string of the molecule is CC1CCCN(CCc2nc(-c3nc(=S)[nH][nH]3)cs2)C1. The maximum atomic E-state index is 4.96. The summed E-state index contributed by atoms with van der Waals surface area (Å²) in [5, 5.41) is 8.94. The molecule has 20 heavy (non-hydrogen) atoms. The second kappa shape index (κ2) is 6.15. The molecule has 2 aromatic rings. The Hall–Kier alpha value is -1.05. The van der Waals surface area contributed by atoms with Crippen LogP contribution >= 0.6 is 23.6 Å². The molecule has 3 heterocycles. The van der Waals surface area contributed by atoms with Crippen LogP contribution < -0.4 is 0 Å². The molecular formula is C13H19N5S2. The molecule has 1 saturated heterocycles. The van der Waals surface area contributed by atoms with Crippen molar-refractivity contribution in [3.8, 4) is 11.5 Å². The Balaban J connectivity index is 1.58. The van der Waals surface area contributed by atoms with E-state index in [-0.39, 0.29) is 0 Å². The van der Waals surface area contributed by atoms with Crippen molar-refractivity contribution in [1.82, 2.24) is 25.1 Å². The number of thiazole rings is 1. The van der Waals surface area contributed by atoms with Crippen molar-refractivity contribution >= 4 is 23.6 Å². The molecule has 1 aliphatic heterocycles. The van der Waals surface area contributed by atoms with E-state index in [9.17, 15) is 0 Å². The third-order valence-electron chi connectivity index (χ3n) is 3.68. The fourth-order valence-electron chi connectivity index (χ4n) is 2.67. The molecule has 0 amide bonds. The summed E-state index contributed by atoms with van der Waals surface area (Å²) in [5.41, 5.74) is 0.879. The third-order valence-corrected chi connectivity index (χ3v) is 4.78. The molecule has 1 aliphatic rings. The summed E-state index contributed by atoms with van der Waals surface area (Å²) in [6, 6.07) is 0. The van der Waals surface area contributed by atoms with Gasteiger partial charge in [0.25, 0.3) is 0 Å². The number of hydrogen-bond donors (Lipinski definition) is 2. The molecule has 0 spiro atoms. The van der Waals surface area contributed by atoms with Gasteiger partial charge in [-0.25, -0.2) is 4.98 Å². The van der Waals surface area contributed by atoms with Crippen LogP contribution in [-0.4, -0.2) is 44.7 Å². The Kier molecular flexibility index (Phi) is 4.28. The second-order valence-corrected chi connectivity index (χ2v) is 6.77. The van der Waals surface area contributed by atoms with Crippen molar-refractivity contribution in [2.75, 3.05) is 19.6 Å². The first kappa shape index (κ1) is 13.9. The second-order valence-electron chi connectivity index (χ2n) is 5.44. The van der Waals surface area contributed by atoms with Gasteiger partial charge in [0.15, 0.2) is 5.82 Å². The van der Waals surface area contributed by atoms with Crippen LogP contribution in [0.2, 0.25) is 0 Å². The van der Waals surface area contributed by atoms with Gasteiger partial charge in [0.2, 0.25) is 4.77 Å². The predicted octanol–water partition coefficient (Wildman–Crippen LogP) is 2.87. The van der Waals surface area contributed by atoms with Gasteiger partial charge in [-0.1, -0.05) is 6.92 Å². The lowest BCUT2D eigenvalue weighted by Gasteiger charge is -2.30.